The number of aromatic nitrogens is 2. The van der Waals surface area contributed by atoms with E-state index in [4.69, 9.17) is 4.74 Å². The predicted octanol–water partition coefficient (Wildman–Crippen LogP) is 2.96. The Balaban J connectivity index is 1.89. The van der Waals surface area contributed by atoms with Gasteiger partial charge in [0.05, 0.1) is 12.6 Å². The monoisotopic (exact) mass is 285 g/mol. The van der Waals surface area contributed by atoms with E-state index in [0.29, 0.717) is 11.4 Å². The van der Waals surface area contributed by atoms with Crippen LogP contribution in [0.25, 0.3) is 10.9 Å². The number of halogens is 1. The highest BCUT2D eigenvalue weighted by molar-refractivity contribution is 6.07. The van der Waals surface area contributed by atoms with Gasteiger partial charge in [-0.2, -0.15) is 5.10 Å². The lowest BCUT2D eigenvalue weighted by Gasteiger charge is -2.06. The van der Waals surface area contributed by atoms with Crippen molar-refractivity contribution in [2.24, 2.45) is 0 Å². The van der Waals surface area contributed by atoms with Crippen LogP contribution in [0.2, 0.25) is 0 Å². The molecule has 0 saturated heterocycles. The number of amides is 1. The second kappa shape index (κ2) is 5.24. The highest BCUT2D eigenvalue weighted by Gasteiger charge is 2.13. The zero-order chi connectivity index (χ0) is 14.8. The third-order valence-corrected chi connectivity index (χ3v) is 3.12. The summed E-state index contributed by atoms with van der Waals surface area (Å²) in [4.78, 5) is 12.2. The van der Waals surface area contributed by atoms with Crippen molar-refractivity contribution in [3.05, 3.63) is 53.8 Å². The van der Waals surface area contributed by atoms with Crippen LogP contribution in [0.15, 0.2) is 42.5 Å². The molecule has 1 amide bonds. The summed E-state index contributed by atoms with van der Waals surface area (Å²) in [5.41, 5.74) is 1.12. The summed E-state index contributed by atoms with van der Waals surface area (Å²) in [6.07, 6.45) is 0. The topological polar surface area (TPSA) is 67.0 Å². The van der Waals surface area contributed by atoms with Gasteiger partial charge in [-0.1, -0.05) is 12.1 Å². The molecule has 0 saturated carbocycles. The van der Waals surface area contributed by atoms with Crippen LogP contribution < -0.4 is 10.1 Å². The van der Waals surface area contributed by atoms with Crippen LogP contribution in [-0.4, -0.2) is 23.2 Å². The maximum Gasteiger partial charge on any atom is 0.257 e. The molecule has 6 heteroatoms. The SMILES string of the molecule is COc1cc(C(=O)Nc2n[nH]c3ccccc23)ccc1F. The van der Waals surface area contributed by atoms with Crippen molar-refractivity contribution < 1.29 is 13.9 Å². The van der Waals surface area contributed by atoms with E-state index < -0.39 is 5.82 Å². The molecule has 1 aromatic heterocycles. The van der Waals surface area contributed by atoms with Gasteiger partial charge in [-0.25, -0.2) is 4.39 Å². The van der Waals surface area contributed by atoms with Gasteiger partial charge in [0, 0.05) is 10.9 Å². The molecule has 0 radical (unpaired) electrons. The van der Waals surface area contributed by atoms with E-state index in [1.165, 1.54) is 25.3 Å². The maximum absolute atomic E-state index is 13.3. The van der Waals surface area contributed by atoms with E-state index in [-0.39, 0.29) is 11.7 Å². The number of nitrogens with zero attached hydrogens (tertiary/aromatic N) is 1. The Morgan fingerprint density at radius 1 is 1.29 bits per heavy atom. The van der Waals surface area contributed by atoms with Crippen molar-refractivity contribution >= 4 is 22.6 Å². The number of hydrogen-bond acceptors (Lipinski definition) is 3. The number of nitrogens with one attached hydrogen (secondary N) is 2. The number of anilines is 1. The van der Waals surface area contributed by atoms with Gasteiger partial charge < -0.3 is 10.1 Å². The number of H-pyrrole nitrogens is 1. The van der Waals surface area contributed by atoms with Crippen LogP contribution in [-0.2, 0) is 0 Å². The highest BCUT2D eigenvalue weighted by atomic mass is 19.1. The Kier molecular flexibility index (Phi) is 3.27. The summed E-state index contributed by atoms with van der Waals surface area (Å²) in [6.45, 7) is 0. The molecule has 0 aliphatic rings. The molecule has 1 heterocycles. The van der Waals surface area contributed by atoms with Crippen molar-refractivity contribution in [2.75, 3.05) is 12.4 Å². The average Bonchev–Trinajstić information content (AvgIpc) is 2.91. The number of benzene rings is 2. The normalized spacial score (nSPS) is 10.6. The Hall–Kier alpha value is -2.89. The molecule has 0 fully saturated rings. The Labute approximate surface area is 119 Å². The quantitative estimate of drug-likeness (QED) is 0.777. The summed E-state index contributed by atoms with van der Waals surface area (Å²) >= 11 is 0. The predicted molar refractivity (Wildman–Crippen MR) is 77.0 cm³/mol. The van der Waals surface area contributed by atoms with Gasteiger partial charge in [0.2, 0.25) is 0 Å². The van der Waals surface area contributed by atoms with E-state index in [1.807, 2.05) is 24.3 Å². The third-order valence-electron chi connectivity index (χ3n) is 3.12. The zero-order valence-corrected chi connectivity index (χ0v) is 11.2. The Bertz CT molecular complexity index is 814. The molecule has 3 rings (SSSR count). The van der Waals surface area contributed by atoms with Crippen molar-refractivity contribution in [3.63, 3.8) is 0 Å². The van der Waals surface area contributed by atoms with Gasteiger partial charge in [-0.15, -0.1) is 0 Å². The summed E-state index contributed by atoms with van der Waals surface area (Å²) < 4.78 is 18.2. The molecule has 0 aliphatic heterocycles. The number of ether oxygens (including phenoxy) is 1. The van der Waals surface area contributed by atoms with E-state index in [2.05, 4.69) is 15.5 Å². The first-order chi connectivity index (χ1) is 10.2. The molecule has 0 unspecified atom stereocenters. The molecule has 5 nitrogen and oxygen atoms in total. The Morgan fingerprint density at radius 2 is 2.10 bits per heavy atom. The number of methoxy groups -OCH3 is 1. The van der Waals surface area contributed by atoms with Gasteiger partial charge in [0.25, 0.3) is 5.91 Å². The second-order valence-electron chi connectivity index (χ2n) is 4.42. The molecule has 0 spiro atoms. The number of para-hydroxylation sites is 1. The lowest BCUT2D eigenvalue weighted by atomic mass is 10.2. The minimum absolute atomic E-state index is 0.0227. The Morgan fingerprint density at radius 3 is 2.90 bits per heavy atom. The molecule has 0 atom stereocenters. The fraction of sp³-hybridized carbons (Fsp3) is 0.0667. The maximum atomic E-state index is 13.3. The molecular weight excluding hydrogens is 273 g/mol. The largest absolute Gasteiger partial charge is 0.494 e. The number of fused-ring (bicyclic) bond motifs is 1. The summed E-state index contributed by atoms with van der Waals surface area (Å²) in [7, 11) is 1.35. The number of carbonyl (C=O) groups is 1. The number of hydrogen-bond donors (Lipinski definition) is 2. The van der Waals surface area contributed by atoms with Crippen LogP contribution >= 0.6 is 0 Å². The first-order valence-electron chi connectivity index (χ1n) is 6.27. The number of rotatable bonds is 3. The van der Waals surface area contributed by atoms with E-state index in [0.717, 1.165) is 10.9 Å². The average molecular weight is 285 g/mol. The van der Waals surface area contributed by atoms with Gasteiger partial charge in [0.1, 0.15) is 0 Å². The first-order valence-corrected chi connectivity index (χ1v) is 6.27. The second-order valence-corrected chi connectivity index (χ2v) is 4.42. The number of carbonyl (C=O) groups excluding carboxylic acids is 1. The van der Waals surface area contributed by atoms with Crippen LogP contribution in [0.4, 0.5) is 10.2 Å². The summed E-state index contributed by atoms with van der Waals surface area (Å²) in [5.74, 6) is -0.446. The molecule has 0 aliphatic carbocycles. The van der Waals surface area contributed by atoms with Crippen molar-refractivity contribution in [3.8, 4) is 5.75 Å². The van der Waals surface area contributed by atoms with Crippen LogP contribution in [0.1, 0.15) is 10.4 Å². The lowest BCUT2D eigenvalue weighted by Crippen LogP contribution is -2.12. The van der Waals surface area contributed by atoms with Gasteiger partial charge in [-0.3, -0.25) is 9.89 Å². The molecule has 106 valence electrons. The highest BCUT2D eigenvalue weighted by Crippen LogP contribution is 2.22. The van der Waals surface area contributed by atoms with E-state index >= 15 is 0 Å². The van der Waals surface area contributed by atoms with Gasteiger partial charge in [-0.05, 0) is 30.3 Å². The van der Waals surface area contributed by atoms with Crippen LogP contribution in [0.3, 0.4) is 0 Å². The molecule has 2 N–H and O–H groups in total. The molecular formula is C15H12FN3O2. The molecule has 0 bridgehead atoms. The van der Waals surface area contributed by atoms with E-state index in [9.17, 15) is 9.18 Å². The lowest BCUT2D eigenvalue weighted by molar-refractivity contribution is 0.102. The van der Waals surface area contributed by atoms with Crippen LogP contribution in [0.5, 0.6) is 5.75 Å². The van der Waals surface area contributed by atoms with Gasteiger partial charge >= 0.3 is 0 Å². The fourth-order valence-electron chi connectivity index (χ4n) is 2.04. The van der Waals surface area contributed by atoms with Crippen molar-refractivity contribution in [2.45, 2.75) is 0 Å². The smallest absolute Gasteiger partial charge is 0.257 e. The standard InChI is InChI=1S/C15H12FN3O2/c1-21-13-8-9(6-7-11(13)16)15(20)17-14-10-4-2-3-5-12(10)18-19-14/h2-8H,1H3,(H2,17,18,19,20). The van der Waals surface area contributed by atoms with E-state index in [1.54, 1.807) is 0 Å². The first kappa shape index (κ1) is 13.1. The van der Waals surface area contributed by atoms with Crippen LogP contribution in [0, 0.1) is 5.82 Å². The third kappa shape index (κ3) is 2.43. The fourth-order valence-corrected chi connectivity index (χ4v) is 2.04. The zero-order valence-electron chi connectivity index (χ0n) is 11.2. The summed E-state index contributed by atoms with van der Waals surface area (Å²) in [5, 5.41) is 10.4. The minimum Gasteiger partial charge on any atom is -0.494 e. The van der Waals surface area contributed by atoms with Gasteiger partial charge in [0.15, 0.2) is 17.4 Å². The van der Waals surface area contributed by atoms with Crippen molar-refractivity contribution in [1.29, 1.82) is 0 Å². The molecule has 2 aromatic carbocycles. The number of aromatic amines is 1. The molecule has 21 heavy (non-hydrogen) atoms. The minimum atomic E-state index is -0.515. The molecule has 3 aromatic rings. The van der Waals surface area contributed by atoms with Crippen molar-refractivity contribution in [1.82, 2.24) is 10.2 Å². The summed E-state index contributed by atoms with van der Waals surface area (Å²) in [6, 6.07) is 11.4.